The Morgan fingerprint density at radius 3 is 2.50 bits per heavy atom. The van der Waals surface area contributed by atoms with Crippen molar-refractivity contribution < 1.29 is 13.2 Å². The summed E-state index contributed by atoms with van der Waals surface area (Å²) >= 11 is 0. The number of hydrogen-bond acceptors (Lipinski definition) is 1. The minimum absolute atomic E-state index is 0.253. The molecule has 1 aromatic rings. The van der Waals surface area contributed by atoms with Crippen molar-refractivity contribution in [3.05, 3.63) is 35.9 Å². The van der Waals surface area contributed by atoms with Gasteiger partial charge < -0.3 is 0 Å². The second-order valence-corrected chi connectivity index (χ2v) is 4.25. The predicted molar refractivity (Wildman–Crippen MR) is 56.3 cm³/mol. The van der Waals surface area contributed by atoms with E-state index in [1.54, 1.807) is 0 Å². The zero-order valence-electron chi connectivity index (χ0n) is 8.87. The van der Waals surface area contributed by atoms with Crippen LogP contribution in [0.1, 0.15) is 17.9 Å². The van der Waals surface area contributed by atoms with Gasteiger partial charge in [0.05, 0.1) is 6.54 Å². The van der Waals surface area contributed by atoms with Gasteiger partial charge in [-0.2, -0.15) is 13.2 Å². The second-order valence-electron chi connectivity index (χ2n) is 4.25. The van der Waals surface area contributed by atoms with Crippen LogP contribution in [0.2, 0.25) is 0 Å². The summed E-state index contributed by atoms with van der Waals surface area (Å²) in [6.07, 6.45) is -3.26. The third kappa shape index (κ3) is 2.98. The molecule has 1 unspecified atom stereocenters. The van der Waals surface area contributed by atoms with Crippen LogP contribution >= 0.6 is 0 Å². The summed E-state index contributed by atoms with van der Waals surface area (Å²) in [6.45, 7) is 0.277. The van der Waals surface area contributed by atoms with Gasteiger partial charge in [-0.3, -0.25) is 4.90 Å². The van der Waals surface area contributed by atoms with Crippen LogP contribution in [0.15, 0.2) is 30.3 Å². The van der Waals surface area contributed by atoms with E-state index in [9.17, 15) is 13.2 Å². The fraction of sp³-hybridized carbons (Fsp3) is 0.500. The molecule has 1 aliphatic rings. The summed E-state index contributed by atoms with van der Waals surface area (Å²) in [5.74, 6) is 0.253. The summed E-state index contributed by atoms with van der Waals surface area (Å²) in [5.41, 5.74) is 1.15. The molecular weight excluding hydrogens is 215 g/mol. The van der Waals surface area contributed by atoms with Crippen LogP contribution in [0, 0.1) is 0 Å². The largest absolute Gasteiger partial charge is 0.401 e. The highest BCUT2D eigenvalue weighted by Gasteiger charge is 2.34. The molecule has 4 heteroatoms. The molecule has 0 amide bonds. The number of hydrogen-bond donors (Lipinski definition) is 0. The van der Waals surface area contributed by atoms with Crippen molar-refractivity contribution in [1.82, 2.24) is 4.90 Å². The van der Waals surface area contributed by atoms with Crippen molar-refractivity contribution in [2.24, 2.45) is 0 Å². The molecule has 2 rings (SSSR count). The normalized spacial score (nSPS) is 22.6. The Balaban J connectivity index is 1.94. The Hall–Kier alpha value is -1.03. The summed E-state index contributed by atoms with van der Waals surface area (Å²) in [4.78, 5) is 1.48. The fourth-order valence-corrected chi connectivity index (χ4v) is 2.23. The zero-order valence-corrected chi connectivity index (χ0v) is 8.87. The molecule has 0 spiro atoms. The monoisotopic (exact) mass is 229 g/mol. The minimum Gasteiger partial charge on any atom is -0.294 e. The highest BCUT2D eigenvalue weighted by molar-refractivity contribution is 5.20. The Kier molecular flexibility index (Phi) is 3.19. The number of likely N-dealkylation sites (tertiary alicyclic amines) is 1. The summed E-state index contributed by atoms with van der Waals surface area (Å²) in [6, 6.07) is 9.76. The maximum atomic E-state index is 12.2. The standard InChI is InChI=1S/C12H14F3N/c13-12(14,15)9-16-7-6-11(8-16)10-4-2-1-3-5-10/h1-5,11H,6-9H2. The van der Waals surface area contributed by atoms with E-state index in [0.717, 1.165) is 12.0 Å². The maximum Gasteiger partial charge on any atom is 0.401 e. The van der Waals surface area contributed by atoms with E-state index in [-0.39, 0.29) is 5.92 Å². The Labute approximate surface area is 92.9 Å². The molecule has 0 aromatic heterocycles. The van der Waals surface area contributed by atoms with Crippen LogP contribution in [0.25, 0.3) is 0 Å². The first-order valence-electron chi connectivity index (χ1n) is 5.39. The number of nitrogens with zero attached hydrogens (tertiary/aromatic N) is 1. The van der Waals surface area contributed by atoms with Gasteiger partial charge >= 0.3 is 6.18 Å². The lowest BCUT2D eigenvalue weighted by atomic mass is 9.99. The third-order valence-electron chi connectivity index (χ3n) is 2.95. The van der Waals surface area contributed by atoms with Gasteiger partial charge in [0.1, 0.15) is 0 Å². The molecule has 1 saturated heterocycles. The van der Waals surface area contributed by atoms with Gasteiger partial charge in [0.25, 0.3) is 0 Å². The van der Waals surface area contributed by atoms with Crippen LogP contribution in [0.5, 0.6) is 0 Å². The van der Waals surface area contributed by atoms with E-state index in [1.807, 2.05) is 30.3 Å². The highest BCUT2D eigenvalue weighted by atomic mass is 19.4. The molecule has 88 valence electrons. The molecule has 0 radical (unpaired) electrons. The highest BCUT2D eigenvalue weighted by Crippen LogP contribution is 2.29. The van der Waals surface area contributed by atoms with Crippen LogP contribution in [0.3, 0.4) is 0 Å². The molecule has 0 bridgehead atoms. The Morgan fingerprint density at radius 2 is 1.88 bits per heavy atom. The average molecular weight is 229 g/mol. The number of rotatable bonds is 2. The lowest BCUT2D eigenvalue weighted by Gasteiger charge is -2.17. The van der Waals surface area contributed by atoms with Crippen LogP contribution in [0.4, 0.5) is 13.2 Å². The van der Waals surface area contributed by atoms with Crippen LogP contribution in [-0.4, -0.2) is 30.7 Å². The quantitative estimate of drug-likeness (QED) is 0.753. The van der Waals surface area contributed by atoms with E-state index in [4.69, 9.17) is 0 Å². The van der Waals surface area contributed by atoms with Crippen molar-refractivity contribution in [3.63, 3.8) is 0 Å². The van der Waals surface area contributed by atoms with Crippen molar-refractivity contribution in [3.8, 4) is 0 Å². The molecule has 1 nitrogen and oxygen atoms in total. The molecule has 0 saturated carbocycles. The fourth-order valence-electron chi connectivity index (χ4n) is 2.23. The summed E-state index contributed by atoms with van der Waals surface area (Å²) in [5, 5.41) is 0. The lowest BCUT2D eigenvalue weighted by molar-refractivity contribution is -0.143. The molecule has 0 aliphatic carbocycles. The van der Waals surface area contributed by atoms with Crippen LogP contribution < -0.4 is 0 Å². The van der Waals surface area contributed by atoms with Gasteiger partial charge in [-0.1, -0.05) is 30.3 Å². The topological polar surface area (TPSA) is 3.24 Å². The van der Waals surface area contributed by atoms with Gasteiger partial charge in [-0.25, -0.2) is 0 Å². The SMILES string of the molecule is FC(F)(F)CN1CCC(c2ccccc2)C1. The number of halogens is 3. The van der Waals surface area contributed by atoms with Crippen molar-refractivity contribution in [2.45, 2.75) is 18.5 Å². The van der Waals surface area contributed by atoms with Gasteiger partial charge in [0, 0.05) is 6.54 Å². The molecule has 1 heterocycles. The average Bonchev–Trinajstić information content (AvgIpc) is 2.65. The first-order valence-corrected chi connectivity index (χ1v) is 5.39. The minimum atomic E-state index is -4.08. The van der Waals surface area contributed by atoms with Gasteiger partial charge in [0.2, 0.25) is 0 Å². The van der Waals surface area contributed by atoms with Crippen LogP contribution in [-0.2, 0) is 0 Å². The molecule has 1 atom stereocenters. The maximum absolute atomic E-state index is 12.2. The Bertz CT molecular complexity index is 334. The van der Waals surface area contributed by atoms with Gasteiger partial charge in [-0.15, -0.1) is 0 Å². The summed E-state index contributed by atoms with van der Waals surface area (Å²) in [7, 11) is 0. The zero-order chi connectivity index (χ0) is 11.6. The van der Waals surface area contributed by atoms with E-state index < -0.39 is 12.7 Å². The van der Waals surface area contributed by atoms with Crippen molar-refractivity contribution in [2.75, 3.05) is 19.6 Å². The number of benzene rings is 1. The first-order chi connectivity index (χ1) is 7.54. The van der Waals surface area contributed by atoms with Crippen molar-refractivity contribution in [1.29, 1.82) is 0 Å². The predicted octanol–water partition coefficient (Wildman–Crippen LogP) is 3.04. The van der Waals surface area contributed by atoms with Gasteiger partial charge in [-0.05, 0) is 24.4 Å². The molecule has 1 aromatic carbocycles. The van der Waals surface area contributed by atoms with E-state index in [1.165, 1.54) is 4.90 Å². The molecule has 16 heavy (non-hydrogen) atoms. The van der Waals surface area contributed by atoms with E-state index >= 15 is 0 Å². The molecule has 1 fully saturated rings. The third-order valence-corrected chi connectivity index (χ3v) is 2.95. The van der Waals surface area contributed by atoms with E-state index in [2.05, 4.69) is 0 Å². The molecular formula is C12H14F3N. The molecule has 1 aliphatic heterocycles. The lowest BCUT2D eigenvalue weighted by Crippen LogP contribution is -2.32. The number of alkyl halides is 3. The second kappa shape index (κ2) is 4.45. The Morgan fingerprint density at radius 1 is 1.19 bits per heavy atom. The molecule has 0 N–H and O–H groups in total. The first kappa shape index (κ1) is 11.5. The summed E-state index contributed by atoms with van der Waals surface area (Å²) < 4.78 is 36.6. The van der Waals surface area contributed by atoms with E-state index in [0.29, 0.717) is 13.1 Å². The smallest absolute Gasteiger partial charge is 0.294 e. The van der Waals surface area contributed by atoms with Crippen molar-refractivity contribution >= 4 is 0 Å². The van der Waals surface area contributed by atoms with Gasteiger partial charge in [0.15, 0.2) is 0 Å².